The zero-order chi connectivity index (χ0) is 10.3. The molecule has 0 aliphatic heterocycles. The van der Waals surface area contributed by atoms with Gasteiger partial charge in [-0.15, -0.1) is 0 Å². The van der Waals surface area contributed by atoms with Crippen LogP contribution in [-0.2, 0) is 4.79 Å². The number of hydrogen-bond donors (Lipinski definition) is 1. The van der Waals surface area contributed by atoms with E-state index in [0.29, 0.717) is 5.92 Å². The molecule has 2 heteroatoms. The van der Waals surface area contributed by atoms with Crippen LogP contribution in [-0.4, -0.2) is 5.91 Å². The highest BCUT2D eigenvalue weighted by atomic mass is 16.1. The van der Waals surface area contributed by atoms with E-state index in [-0.39, 0.29) is 17.2 Å². The number of carbonyl (C=O) groups is 1. The van der Waals surface area contributed by atoms with E-state index in [2.05, 4.69) is 26.0 Å². The molecule has 2 N–H and O–H groups in total. The monoisotopic (exact) mass is 189 g/mol. The predicted octanol–water partition coefficient (Wildman–Crippen LogP) is 1.91. The number of nitrogens with two attached hydrogens (primary N) is 1. The highest BCUT2D eigenvalue weighted by Gasteiger charge is 2.61. The zero-order valence-corrected chi connectivity index (χ0v) is 8.53. The lowest BCUT2D eigenvalue weighted by atomic mass is 10.0. The maximum atomic E-state index is 11.2. The van der Waals surface area contributed by atoms with Crippen molar-refractivity contribution >= 4 is 5.91 Å². The topological polar surface area (TPSA) is 43.1 Å². The van der Waals surface area contributed by atoms with Crippen LogP contribution in [0.3, 0.4) is 0 Å². The number of primary amides is 1. The molecule has 1 aliphatic carbocycles. The van der Waals surface area contributed by atoms with Crippen molar-refractivity contribution in [1.29, 1.82) is 0 Å². The van der Waals surface area contributed by atoms with E-state index in [1.807, 2.05) is 18.2 Å². The normalized spacial score (nSPS) is 28.4. The van der Waals surface area contributed by atoms with Crippen LogP contribution in [0.2, 0.25) is 0 Å². The molecule has 1 saturated carbocycles. The van der Waals surface area contributed by atoms with Crippen LogP contribution >= 0.6 is 0 Å². The van der Waals surface area contributed by atoms with Crippen LogP contribution in [0.25, 0.3) is 0 Å². The van der Waals surface area contributed by atoms with Crippen molar-refractivity contribution in [2.75, 3.05) is 0 Å². The van der Waals surface area contributed by atoms with E-state index in [4.69, 9.17) is 5.73 Å². The van der Waals surface area contributed by atoms with Crippen LogP contribution < -0.4 is 5.73 Å². The maximum absolute atomic E-state index is 11.2. The van der Waals surface area contributed by atoms with E-state index >= 15 is 0 Å². The summed E-state index contributed by atoms with van der Waals surface area (Å²) in [5, 5.41) is 0. The second-order valence-electron chi connectivity index (χ2n) is 4.59. The molecule has 2 atom stereocenters. The lowest BCUT2D eigenvalue weighted by molar-refractivity contribution is -0.119. The Kier molecular flexibility index (Phi) is 1.88. The Hall–Kier alpha value is -1.31. The minimum Gasteiger partial charge on any atom is -0.369 e. The molecule has 1 fully saturated rings. The van der Waals surface area contributed by atoms with E-state index in [1.165, 1.54) is 5.56 Å². The number of amides is 1. The molecule has 0 radical (unpaired) electrons. The van der Waals surface area contributed by atoms with Crippen LogP contribution in [0, 0.1) is 11.3 Å². The molecule has 1 amide bonds. The molecule has 1 aliphatic rings. The fourth-order valence-corrected chi connectivity index (χ4v) is 2.45. The van der Waals surface area contributed by atoms with Gasteiger partial charge in [0.1, 0.15) is 0 Å². The van der Waals surface area contributed by atoms with Gasteiger partial charge in [-0.05, 0) is 11.0 Å². The third-order valence-corrected chi connectivity index (χ3v) is 3.29. The van der Waals surface area contributed by atoms with Crippen molar-refractivity contribution in [3.8, 4) is 0 Å². The summed E-state index contributed by atoms with van der Waals surface area (Å²) in [6.45, 7) is 4.19. The van der Waals surface area contributed by atoms with Crippen LogP contribution in [0.1, 0.15) is 25.3 Å². The van der Waals surface area contributed by atoms with Crippen molar-refractivity contribution in [2.45, 2.75) is 19.8 Å². The molecule has 14 heavy (non-hydrogen) atoms. The molecular formula is C12H15NO. The number of hydrogen-bond acceptors (Lipinski definition) is 1. The summed E-state index contributed by atoms with van der Waals surface area (Å²) in [5.74, 6) is 0.134. The third kappa shape index (κ3) is 1.22. The summed E-state index contributed by atoms with van der Waals surface area (Å²) < 4.78 is 0. The second-order valence-corrected chi connectivity index (χ2v) is 4.59. The van der Waals surface area contributed by atoms with E-state index in [0.717, 1.165) is 0 Å². The molecule has 0 unspecified atom stereocenters. The Balaban J connectivity index is 2.28. The van der Waals surface area contributed by atoms with Gasteiger partial charge in [-0.1, -0.05) is 44.2 Å². The van der Waals surface area contributed by atoms with Crippen molar-refractivity contribution in [3.63, 3.8) is 0 Å². The lowest BCUT2D eigenvalue weighted by Crippen LogP contribution is -2.16. The summed E-state index contributed by atoms with van der Waals surface area (Å²) in [6, 6.07) is 10.1. The first-order valence-corrected chi connectivity index (χ1v) is 4.89. The third-order valence-electron chi connectivity index (χ3n) is 3.29. The molecule has 1 aromatic carbocycles. The Morgan fingerprint density at radius 2 is 1.86 bits per heavy atom. The second kappa shape index (κ2) is 2.84. The summed E-state index contributed by atoms with van der Waals surface area (Å²) in [7, 11) is 0. The van der Waals surface area contributed by atoms with Gasteiger partial charge in [0.2, 0.25) is 5.91 Å². The van der Waals surface area contributed by atoms with Crippen molar-refractivity contribution in [3.05, 3.63) is 35.9 Å². The van der Waals surface area contributed by atoms with Crippen LogP contribution in [0.15, 0.2) is 30.3 Å². The highest BCUT2D eigenvalue weighted by molar-refractivity contribution is 5.83. The molecule has 74 valence electrons. The quantitative estimate of drug-likeness (QED) is 0.758. The fraction of sp³-hybridized carbons (Fsp3) is 0.417. The lowest BCUT2D eigenvalue weighted by Gasteiger charge is -2.01. The first-order valence-electron chi connectivity index (χ1n) is 4.89. The van der Waals surface area contributed by atoms with E-state index in [9.17, 15) is 4.79 Å². The molecule has 0 spiro atoms. The summed E-state index contributed by atoms with van der Waals surface area (Å²) >= 11 is 0. The fourth-order valence-electron chi connectivity index (χ4n) is 2.45. The molecule has 2 rings (SSSR count). The Labute approximate surface area is 84.1 Å². The highest BCUT2D eigenvalue weighted by Crippen LogP contribution is 2.64. The number of benzene rings is 1. The molecule has 0 bridgehead atoms. The zero-order valence-electron chi connectivity index (χ0n) is 8.53. The summed E-state index contributed by atoms with van der Waals surface area (Å²) in [5.41, 5.74) is 6.62. The van der Waals surface area contributed by atoms with Gasteiger partial charge >= 0.3 is 0 Å². The molecular weight excluding hydrogens is 174 g/mol. The van der Waals surface area contributed by atoms with Crippen molar-refractivity contribution in [2.24, 2.45) is 17.1 Å². The molecule has 0 heterocycles. The summed E-state index contributed by atoms with van der Waals surface area (Å²) in [4.78, 5) is 11.2. The molecule has 2 nitrogen and oxygen atoms in total. The SMILES string of the molecule is CC1(C)[C@@H](C(N)=O)[C@@H]1c1ccccc1. The van der Waals surface area contributed by atoms with Gasteiger partial charge in [0.05, 0.1) is 5.92 Å². The predicted molar refractivity (Wildman–Crippen MR) is 55.6 cm³/mol. The van der Waals surface area contributed by atoms with Crippen molar-refractivity contribution < 1.29 is 4.79 Å². The Bertz CT molecular complexity index is 356. The molecule has 1 aromatic rings. The minimum absolute atomic E-state index is 0.00454. The average molecular weight is 189 g/mol. The Morgan fingerprint density at radius 1 is 1.29 bits per heavy atom. The van der Waals surface area contributed by atoms with Crippen molar-refractivity contribution in [1.82, 2.24) is 0 Å². The standard InChI is InChI=1S/C12H15NO/c1-12(2)9(10(12)11(13)14)8-6-4-3-5-7-8/h3-7,9-10H,1-2H3,(H2,13,14)/t9-,10+/m0/s1. The maximum Gasteiger partial charge on any atom is 0.221 e. The first kappa shape index (κ1) is 9.25. The molecule has 0 aromatic heterocycles. The Morgan fingerprint density at radius 3 is 2.29 bits per heavy atom. The number of rotatable bonds is 2. The van der Waals surface area contributed by atoms with Gasteiger partial charge in [0.15, 0.2) is 0 Å². The smallest absolute Gasteiger partial charge is 0.221 e. The molecule has 0 saturated heterocycles. The average Bonchev–Trinajstić information content (AvgIpc) is 2.71. The van der Waals surface area contributed by atoms with Gasteiger partial charge in [0, 0.05) is 5.92 Å². The van der Waals surface area contributed by atoms with Crippen LogP contribution in [0.4, 0.5) is 0 Å². The van der Waals surface area contributed by atoms with Gasteiger partial charge in [-0.25, -0.2) is 0 Å². The van der Waals surface area contributed by atoms with Gasteiger partial charge < -0.3 is 5.73 Å². The summed E-state index contributed by atoms with van der Waals surface area (Å²) in [6.07, 6.45) is 0. The largest absolute Gasteiger partial charge is 0.369 e. The minimum atomic E-state index is -0.177. The number of carbonyl (C=O) groups excluding carboxylic acids is 1. The van der Waals surface area contributed by atoms with E-state index < -0.39 is 0 Å². The van der Waals surface area contributed by atoms with E-state index in [1.54, 1.807) is 0 Å². The van der Waals surface area contributed by atoms with Gasteiger partial charge in [-0.2, -0.15) is 0 Å². The van der Waals surface area contributed by atoms with Gasteiger partial charge in [-0.3, -0.25) is 4.79 Å². The first-order chi connectivity index (χ1) is 6.55. The van der Waals surface area contributed by atoms with Gasteiger partial charge in [0.25, 0.3) is 0 Å². The van der Waals surface area contributed by atoms with Crippen LogP contribution in [0.5, 0.6) is 0 Å².